The molecular formula is C15H22ClNO. The Morgan fingerprint density at radius 2 is 1.94 bits per heavy atom. The predicted octanol–water partition coefficient (Wildman–Crippen LogP) is 4.87. The Bertz CT molecular complexity index is 373. The van der Waals surface area contributed by atoms with E-state index in [4.69, 9.17) is 16.3 Å². The second-order valence-corrected chi connectivity index (χ2v) is 5.34. The molecule has 0 bridgehead atoms. The molecule has 0 aromatic heterocycles. The lowest BCUT2D eigenvalue weighted by atomic mass is 10.1. The topological polar surface area (TPSA) is 21.3 Å². The minimum absolute atomic E-state index is 0.560. The van der Waals surface area contributed by atoms with Crippen molar-refractivity contribution >= 4 is 17.3 Å². The molecule has 2 rings (SSSR count). The lowest BCUT2D eigenvalue weighted by Crippen LogP contribution is -2.18. The van der Waals surface area contributed by atoms with Crippen molar-refractivity contribution in [1.82, 2.24) is 0 Å². The molecular weight excluding hydrogens is 246 g/mol. The largest absolute Gasteiger partial charge is 0.492 e. The minimum Gasteiger partial charge on any atom is -0.492 e. The van der Waals surface area contributed by atoms with Gasteiger partial charge in [-0.2, -0.15) is 0 Å². The third-order valence-corrected chi connectivity index (χ3v) is 3.69. The smallest absolute Gasteiger partial charge is 0.142 e. The molecule has 2 nitrogen and oxygen atoms in total. The summed E-state index contributed by atoms with van der Waals surface area (Å²) < 4.78 is 5.64. The molecule has 1 aromatic carbocycles. The second kappa shape index (κ2) is 6.89. The molecule has 0 amide bonds. The Kier molecular flexibility index (Phi) is 5.18. The van der Waals surface area contributed by atoms with E-state index in [1.54, 1.807) is 0 Å². The molecule has 1 aliphatic rings. The third kappa shape index (κ3) is 3.81. The van der Waals surface area contributed by atoms with Gasteiger partial charge >= 0.3 is 0 Å². The molecule has 0 unspecified atom stereocenters. The predicted molar refractivity (Wildman–Crippen MR) is 77.7 cm³/mol. The summed E-state index contributed by atoms with van der Waals surface area (Å²) in [5.74, 6) is 0.908. The average Bonchev–Trinajstić information content (AvgIpc) is 2.61. The van der Waals surface area contributed by atoms with E-state index < -0.39 is 0 Å². The first kappa shape index (κ1) is 13.5. The third-order valence-electron chi connectivity index (χ3n) is 3.46. The van der Waals surface area contributed by atoms with Gasteiger partial charge in [0.15, 0.2) is 0 Å². The van der Waals surface area contributed by atoms with Crippen molar-refractivity contribution in [1.29, 1.82) is 0 Å². The molecule has 0 heterocycles. The summed E-state index contributed by atoms with van der Waals surface area (Å²) in [4.78, 5) is 0. The van der Waals surface area contributed by atoms with Crippen molar-refractivity contribution in [3.8, 4) is 5.75 Å². The summed E-state index contributed by atoms with van der Waals surface area (Å²) in [6.07, 6.45) is 7.87. The summed E-state index contributed by atoms with van der Waals surface area (Å²) in [6, 6.07) is 6.36. The maximum absolute atomic E-state index is 6.07. The van der Waals surface area contributed by atoms with E-state index in [1.807, 2.05) is 25.1 Å². The summed E-state index contributed by atoms with van der Waals surface area (Å²) in [6.45, 7) is 2.69. The maximum Gasteiger partial charge on any atom is 0.142 e. The number of benzene rings is 1. The molecule has 3 heteroatoms. The van der Waals surface area contributed by atoms with Gasteiger partial charge in [0.05, 0.1) is 12.3 Å². The van der Waals surface area contributed by atoms with E-state index in [9.17, 15) is 0 Å². The molecule has 0 spiro atoms. The van der Waals surface area contributed by atoms with Gasteiger partial charge in [0.2, 0.25) is 0 Å². The van der Waals surface area contributed by atoms with Crippen molar-refractivity contribution in [3.63, 3.8) is 0 Å². The van der Waals surface area contributed by atoms with Gasteiger partial charge in [-0.25, -0.2) is 0 Å². The highest BCUT2D eigenvalue weighted by atomic mass is 35.5. The van der Waals surface area contributed by atoms with E-state index in [2.05, 4.69) is 5.32 Å². The number of nitrogens with one attached hydrogen (secondary N) is 1. The molecule has 0 atom stereocenters. The molecule has 100 valence electrons. The van der Waals surface area contributed by atoms with Gasteiger partial charge in [-0.05, 0) is 38.0 Å². The Hall–Kier alpha value is -0.890. The monoisotopic (exact) mass is 267 g/mol. The Morgan fingerprint density at radius 1 is 1.22 bits per heavy atom. The van der Waals surface area contributed by atoms with Gasteiger partial charge in [0.1, 0.15) is 5.75 Å². The molecule has 0 radical (unpaired) electrons. The van der Waals surface area contributed by atoms with Gasteiger partial charge in [-0.1, -0.05) is 37.3 Å². The highest BCUT2D eigenvalue weighted by Crippen LogP contribution is 2.30. The molecule has 1 aliphatic carbocycles. The molecule has 0 aliphatic heterocycles. The maximum atomic E-state index is 6.07. The Labute approximate surface area is 115 Å². The van der Waals surface area contributed by atoms with Crippen LogP contribution in [0.1, 0.15) is 45.4 Å². The quantitative estimate of drug-likeness (QED) is 0.786. The van der Waals surface area contributed by atoms with Gasteiger partial charge in [-0.15, -0.1) is 0 Å². The fourth-order valence-corrected chi connectivity index (χ4v) is 2.71. The normalized spacial score (nSPS) is 17.2. The standard InChI is InChI=1S/C15H22ClNO/c1-2-18-15-10-9-12(16)11-14(15)17-13-7-5-3-4-6-8-13/h9-11,13,17H,2-8H2,1H3. The highest BCUT2D eigenvalue weighted by molar-refractivity contribution is 6.30. The minimum atomic E-state index is 0.560. The first-order chi connectivity index (χ1) is 8.79. The van der Waals surface area contributed by atoms with Crippen LogP contribution >= 0.6 is 11.6 Å². The van der Waals surface area contributed by atoms with E-state index >= 15 is 0 Å². The zero-order chi connectivity index (χ0) is 12.8. The molecule has 1 fully saturated rings. The van der Waals surface area contributed by atoms with Gasteiger partial charge in [0, 0.05) is 11.1 Å². The summed E-state index contributed by atoms with van der Waals surface area (Å²) in [7, 11) is 0. The van der Waals surface area contributed by atoms with Gasteiger partial charge in [0.25, 0.3) is 0 Å². The fraction of sp³-hybridized carbons (Fsp3) is 0.600. The number of ether oxygens (including phenoxy) is 1. The molecule has 1 N–H and O–H groups in total. The van der Waals surface area contributed by atoms with Crippen molar-refractivity contribution in [2.75, 3.05) is 11.9 Å². The van der Waals surface area contributed by atoms with Crippen LogP contribution in [0, 0.1) is 0 Å². The van der Waals surface area contributed by atoms with Crippen LogP contribution in [0.5, 0.6) is 5.75 Å². The van der Waals surface area contributed by atoms with E-state index in [0.29, 0.717) is 12.6 Å². The first-order valence-corrected chi connectivity index (χ1v) is 7.36. The van der Waals surface area contributed by atoms with Crippen LogP contribution in [-0.2, 0) is 0 Å². The number of halogens is 1. The van der Waals surface area contributed by atoms with Crippen molar-refractivity contribution in [2.24, 2.45) is 0 Å². The summed E-state index contributed by atoms with van der Waals surface area (Å²) >= 11 is 6.07. The second-order valence-electron chi connectivity index (χ2n) is 4.91. The lowest BCUT2D eigenvalue weighted by Gasteiger charge is -2.20. The van der Waals surface area contributed by atoms with Crippen LogP contribution in [0.4, 0.5) is 5.69 Å². The molecule has 0 saturated heterocycles. The first-order valence-electron chi connectivity index (χ1n) is 6.98. The number of hydrogen-bond donors (Lipinski definition) is 1. The van der Waals surface area contributed by atoms with Crippen LogP contribution in [0.2, 0.25) is 5.02 Å². The van der Waals surface area contributed by atoms with Crippen LogP contribution in [0.25, 0.3) is 0 Å². The van der Waals surface area contributed by atoms with Crippen LogP contribution in [0.15, 0.2) is 18.2 Å². The van der Waals surface area contributed by atoms with E-state index in [0.717, 1.165) is 16.5 Å². The SMILES string of the molecule is CCOc1ccc(Cl)cc1NC1CCCCCC1. The van der Waals surface area contributed by atoms with E-state index in [-0.39, 0.29) is 0 Å². The van der Waals surface area contributed by atoms with Crippen LogP contribution in [-0.4, -0.2) is 12.6 Å². The summed E-state index contributed by atoms with van der Waals surface area (Å²) in [5, 5.41) is 4.36. The van der Waals surface area contributed by atoms with E-state index in [1.165, 1.54) is 38.5 Å². The van der Waals surface area contributed by atoms with Gasteiger partial charge in [-0.3, -0.25) is 0 Å². The Balaban J connectivity index is 2.08. The molecule has 18 heavy (non-hydrogen) atoms. The zero-order valence-corrected chi connectivity index (χ0v) is 11.8. The van der Waals surface area contributed by atoms with Crippen molar-refractivity contribution in [2.45, 2.75) is 51.5 Å². The fourth-order valence-electron chi connectivity index (χ4n) is 2.54. The number of anilines is 1. The van der Waals surface area contributed by atoms with Crippen LogP contribution in [0.3, 0.4) is 0 Å². The molecule has 1 saturated carbocycles. The summed E-state index contributed by atoms with van der Waals surface area (Å²) in [5.41, 5.74) is 1.04. The lowest BCUT2D eigenvalue weighted by molar-refractivity contribution is 0.341. The number of rotatable bonds is 4. The van der Waals surface area contributed by atoms with Crippen molar-refractivity contribution in [3.05, 3.63) is 23.2 Å². The average molecular weight is 268 g/mol. The Morgan fingerprint density at radius 3 is 2.61 bits per heavy atom. The van der Waals surface area contributed by atoms with Crippen LogP contribution < -0.4 is 10.1 Å². The molecule has 1 aromatic rings. The zero-order valence-electron chi connectivity index (χ0n) is 11.0. The van der Waals surface area contributed by atoms with Gasteiger partial charge < -0.3 is 10.1 Å². The highest BCUT2D eigenvalue weighted by Gasteiger charge is 2.14. The van der Waals surface area contributed by atoms with Crippen molar-refractivity contribution < 1.29 is 4.74 Å². The number of hydrogen-bond acceptors (Lipinski definition) is 2.